The van der Waals surface area contributed by atoms with Gasteiger partial charge in [-0.1, -0.05) is 59.3 Å². The van der Waals surface area contributed by atoms with Crippen LogP contribution in [0.5, 0.6) is 0 Å². The quantitative estimate of drug-likeness (QED) is 0.272. The number of ketones is 1. The summed E-state index contributed by atoms with van der Waals surface area (Å²) in [6.07, 6.45) is -0.252. The molecule has 0 bridgehead atoms. The van der Waals surface area contributed by atoms with Crippen LogP contribution in [0.25, 0.3) is 0 Å². The fourth-order valence-electron chi connectivity index (χ4n) is 3.23. The molecule has 3 aromatic carbocycles. The van der Waals surface area contributed by atoms with Gasteiger partial charge in [0.15, 0.2) is 6.10 Å². The topological polar surface area (TPSA) is 72.5 Å². The zero-order valence-corrected chi connectivity index (χ0v) is 20.5. The Morgan fingerprint density at radius 3 is 1.91 bits per heavy atom. The van der Waals surface area contributed by atoms with E-state index in [4.69, 9.17) is 4.74 Å². The summed E-state index contributed by atoms with van der Waals surface area (Å²) in [4.78, 5) is 38.9. The molecule has 1 amide bonds. The van der Waals surface area contributed by atoms with Crippen LogP contribution in [0.1, 0.15) is 47.7 Å². The molecule has 0 saturated heterocycles. The van der Waals surface area contributed by atoms with Crippen LogP contribution in [0.2, 0.25) is 0 Å². The van der Waals surface area contributed by atoms with E-state index in [2.05, 4.69) is 36.5 Å². The van der Waals surface area contributed by atoms with Gasteiger partial charge in [-0.05, 0) is 63.6 Å². The highest BCUT2D eigenvalue weighted by atomic mass is 32.2. The van der Waals surface area contributed by atoms with Crippen LogP contribution in [0.15, 0.2) is 82.6 Å². The van der Waals surface area contributed by atoms with E-state index < -0.39 is 12.1 Å². The number of amides is 1. The number of carbonyl (C=O) groups is 3. The van der Waals surface area contributed by atoms with Gasteiger partial charge in [-0.25, -0.2) is 0 Å². The van der Waals surface area contributed by atoms with Gasteiger partial charge in [-0.2, -0.15) is 0 Å². The van der Waals surface area contributed by atoms with E-state index >= 15 is 0 Å². The third-order valence-corrected chi connectivity index (χ3v) is 6.21. The van der Waals surface area contributed by atoms with Crippen molar-refractivity contribution in [1.82, 2.24) is 0 Å². The second-order valence-electron chi connectivity index (χ2n) is 8.20. The molecule has 0 aromatic heterocycles. The number of hydrogen-bond acceptors (Lipinski definition) is 5. The molecule has 0 saturated carbocycles. The number of anilines is 1. The monoisotopic (exact) mass is 475 g/mol. The van der Waals surface area contributed by atoms with Crippen LogP contribution < -0.4 is 5.32 Å². The molecule has 6 heteroatoms. The summed E-state index contributed by atoms with van der Waals surface area (Å²) < 4.78 is 5.24. The fraction of sp³-hybridized carbons (Fsp3) is 0.250. The molecule has 0 radical (unpaired) electrons. The number of benzene rings is 3. The molecule has 0 aliphatic rings. The first kappa shape index (κ1) is 25.2. The molecule has 0 fully saturated rings. The van der Waals surface area contributed by atoms with Crippen LogP contribution in [0, 0.1) is 13.8 Å². The lowest BCUT2D eigenvalue weighted by molar-refractivity contribution is -0.146. The number of Topliss-reactive ketones (excluding diaryl/α,β-unsaturated/α-hetero) is 1. The molecule has 176 valence electrons. The Kier molecular flexibility index (Phi) is 9.05. The summed E-state index contributed by atoms with van der Waals surface area (Å²) in [6, 6.07) is 23.1. The number of aryl methyl sites for hydroxylation is 2. The molecule has 1 N–H and O–H groups in total. The Balaban J connectivity index is 1.38. The van der Waals surface area contributed by atoms with E-state index in [1.165, 1.54) is 5.56 Å². The third kappa shape index (κ3) is 7.89. The number of esters is 1. The van der Waals surface area contributed by atoms with Crippen LogP contribution in [0.4, 0.5) is 5.69 Å². The Bertz CT molecular complexity index is 1120. The molecule has 1 atom stereocenters. The first-order valence-corrected chi connectivity index (χ1v) is 12.1. The van der Waals surface area contributed by atoms with Gasteiger partial charge in [-0.15, -0.1) is 0 Å². The highest BCUT2D eigenvalue weighted by Crippen LogP contribution is 2.28. The molecule has 3 aromatic rings. The predicted molar refractivity (Wildman–Crippen MR) is 135 cm³/mol. The van der Waals surface area contributed by atoms with Crippen molar-refractivity contribution < 1.29 is 19.1 Å². The molecule has 34 heavy (non-hydrogen) atoms. The van der Waals surface area contributed by atoms with E-state index in [9.17, 15) is 14.4 Å². The van der Waals surface area contributed by atoms with Gasteiger partial charge in [0.05, 0.1) is 0 Å². The molecule has 0 heterocycles. The van der Waals surface area contributed by atoms with Gasteiger partial charge in [0, 0.05) is 33.9 Å². The van der Waals surface area contributed by atoms with Crippen molar-refractivity contribution in [3.8, 4) is 0 Å². The lowest BCUT2D eigenvalue weighted by Crippen LogP contribution is -2.24. The average Bonchev–Trinajstić information content (AvgIpc) is 2.82. The van der Waals surface area contributed by atoms with Gasteiger partial charge in [0.25, 0.3) is 0 Å². The van der Waals surface area contributed by atoms with Crippen molar-refractivity contribution in [1.29, 1.82) is 0 Å². The van der Waals surface area contributed by atoms with Gasteiger partial charge in [-0.3, -0.25) is 14.4 Å². The molecule has 3 rings (SSSR count). The first-order valence-electron chi connectivity index (χ1n) is 11.2. The molecular formula is C28H29NO4S. The predicted octanol–water partition coefficient (Wildman–Crippen LogP) is 6.38. The number of ether oxygens (including phenoxy) is 1. The van der Waals surface area contributed by atoms with Gasteiger partial charge >= 0.3 is 5.97 Å². The number of rotatable bonds is 10. The summed E-state index contributed by atoms with van der Waals surface area (Å²) in [7, 11) is 0. The highest BCUT2D eigenvalue weighted by Gasteiger charge is 2.19. The second-order valence-corrected chi connectivity index (χ2v) is 9.35. The average molecular weight is 476 g/mol. The number of carbonyl (C=O) groups excluding carboxylic acids is 3. The Labute approximate surface area is 204 Å². The van der Waals surface area contributed by atoms with E-state index in [0.717, 1.165) is 15.4 Å². The van der Waals surface area contributed by atoms with Crippen molar-refractivity contribution in [2.75, 3.05) is 5.32 Å². The summed E-state index contributed by atoms with van der Waals surface area (Å²) in [5.41, 5.74) is 3.49. The summed E-state index contributed by atoms with van der Waals surface area (Å²) in [5.74, 6) is -0.899. The Hall–Kier alpha value is -3.38. The van der Waals surface area contributed by atoms with E-state index in [-0.39, 0.29) is 24.5 Å². The smallest absolute Gasteiger partial charge is 0.306 e. The van der Waals surface area contributed by atoms with Crippen molar-refractivity contribution in [2.24, 2.45) is 0 Å². The maximum absolute atomic E-state index is 12.4. The molecule has 1 unspecified atom stereocenters. The third-order valence-electron chi connectivity index (χ3n) is 5.19. The molecule has 0 aliphatic carbocycles. The van der Waals surface area contributed by atoms with Crippen LogP contribution >= 0.6 is 11.8 Å². The lowest BCUT2D eigenvalue weighted by Gasteiger charge is -2.12. The molecule has 0 spiro atoms. The van der Waals surface area contributed by atoms with Gasteiger partial charge in [0.1, 0.15) is 0 Å². The summed E-state index contributed by atoms with van der Waals surface area (Å²) in [6.45, 7) is 5.56. The molecule has 5 nitrogen and oxygen atoms in total. The Morgan fingerprint density at radius 1 is 0.794 bits per heavy atom. The van der Waals surface area contributed by atoms with Crippen LogP contribution in [-0.4, -0.2) is 23.8 Å². The largest absolute Gasteiger partial charge is 0.454 e. The zero-order chi connectivity index (χ0) is 24.5. The second kappa shape index (κ2) is 12.2. The van der Waals surface area contributed by atoms with E-state index in [0.29, 0.717) is 17.7 Å². The maximum atomic E-state index is 12.4. The summed E-state index contributed by atoms with van der Waals surface area (Å²) in [5, 5.41) is 2.84. The maximum Gasteiger partial charge on any atom is 0.306 e. The van der Waals surface area contributed by atoms with Crippen molar-refractivity contribution >= 4 is 35.1 Å². The summed E-state index contributed by atoms with van der Waals surface area (Å²) >= 11 is 1.66. The minimum atomic E-state index is -0.861. The molecular weight excluding hydrogens is 446 g/mol. The van der Waals surface area contributed by atoms with Gasteiger partial charge in [0.2, 0.25) is 11.7 Å². The fourth-order valence-corrected chi connectivity index (χ4v) is 4.04. The highest BCUT2D eigenvalue weighted by molar-refractivity contribution is 7.99. The number of nitrogens with one attached hydrogen (secondary N) is 1. The normalized spacial score (nSPS) is 11.5. The number of hydrogen-bond donors (Lipinski definition) is 1. The SMILES string of the molecule is Cc1ccc(Sc2ccc(NC(=O)CCCC(=O)OC(C)C(=O)c3ccc(C)cc3)cc2)cc1. The molecule has 0 aliphatic heterocycles. The van der Waals surface area contributed by atoms with Crippen molar-refractivity contribution in [2.45, 2.75) is 55.9 Å². The first-order chi connectivity index (χ1) is 16.3. The Morgan fingerprint density at radius 2 is 1.32 bits per heavy atom. The van der Waals surface area contributed by atoms with Crippen molar-refractivity contribution in [3.05, 3.63) is 89.5 Å². The lowest BCUT2D eigenvalue weighted by atomic mass is 10.1. The van der Waals surface area contributed by atoms with Gasteiger partial charge < -0.3 is 10.1 Å². The van der Waals surface area contributed by atoms with E-state index in [1.807, 2.05) is 43.3 Å². The van der Waals surface area contributed by atoms with Crippen LogP contribution in [-0.2, 0) is 14.3 Å². The van der Waals surface area contributed by atoms with Crippen molar-refractivity contribution in [3.63, 3.8) is 0 Å². The minimum absolute atomic E-state index is 0.0745. The van der Waals surface area contributed by atoms with Crippen LogP contribution in [0.3, 0.4) is 0 Å². The standard InChI is InChI=1S/C28H29NO4S/c1-19-7-11-22(12-8-19)28(32)21(3)33-27(31)6-4-5-26(30)29-23-13-17-25(18-14-23)34-24-15-9-20(2)10-16-24/h7-18,21H,4-6H2,1-3H3,(H,29,30). The van der Waals surface area contributed by atoms with E-state index in [1.54, 1.807) is 30.8 Å². The zero-order valence-electron chi connectivity index (χ0n) is 19.7. The minimum Gasteiger partial charge on any atom is -0.454 e.